The van der Waals surface area contributed by atoms with Crippen LogP contribution in [0.5, 0.6) is 11.5 Å². The Labute approximate surface area is 363 Å². The van der Waals surface area contributed by atoms with Gasteiger partial charge in [0.05, 0.1) is 31.7 Å². The van der Waals surface area contributed by atoms with Crippen LogP contribution < -0.4 is 0 Å². The average molecular weight is 701 g/mol. The molecule has 1 heterocycles. The second-order valence-electron chi connectivity index (χ2n) is 10.2. The van der Waals surface area contributed by atoms with Crippen molar-refractivity contribution < 1.29 is 59.3 Å². The third kappa shape index (κ3) is 11.3. The van der Waals surface area contributed by atoms with Crippen molar-refractivity contribution in [1.82, 2.24) is 9.80 Å². The number of fused-ring (bicyclic) bond motifs is 1. The van der Waals surface area contributed by atoms with Gasteiger partial charge in [-0.15, -0.1) is 0 Å². The van der Waals surface area contributed by atoms with E-state index in [9.17, 15) is 54.6 Å². The Morgan fingerprint density at radius 2 is 0.979 bits per heavy atom. The first-order valence-electron chi connectivity index (χ1n) is 13.1. The Morgan fingerprint density at radius 3 is 1.35 bits per heavy atom. The molecule has 6 N–H and O–H groups in total. The van der Waals surface area contributed by atoms with Gasteiger partial charge < -0.3 is 35.4 Å². The molecule has 1 aliphatic rings. The minimum atomic E-state index is -1.69. The number of carbonyl (C=O) groups is 5. The summed E-state index contributed by atoms with van der Waals surface area (Å²) in [5.41, 5.74) is -0.228. The third-order valence-corrected chi connectivity index (χ3v) is 6.97. The zero-order valence-corrected chi connectivity index (χ0v) is 35.0. The molecule has 0 atom stereocenters. The van der Waals surface area contributed by atoms with Gasteiger partial charge in [-0.2, -0.15) is 0 Å². The van der Waals surface area contributed by atoms with Crippen LogP contribution in [0.4, 0.5) is 0 Å². The summed E-state index contributed by atoms with van der Waals surface area (Å²) in [6.07, 6.45) is 0. The predicted octanol–water partition coefficient (Wildman–Crippen LogP) is -0.0207. The monoisotopic (exact) mass is 700 g/mol. The van der Waals surface area contributed by atoms with Crippen LogP contribution in [0.25, 0.3) is 0 Å². The van der Waals surface area contributed by atoms with E-state index in [1.165, 1.54) is 36.4 Å². The third-order valence-electron chi connectivity index (χ3n) is 6.97. The number of benzene rings is 3. The molecule has 1 aliphatic heterocycles. The Hall–Kier alpha value is -1.47. The molecule has 3 aromatic carbocycles. The molecular formula is C30H28N2Na4O12. The number of rotatable bonds is 14. The molecule has 0 unspecified atom stereocenters. The molecule has 0 aromatic heterocycles. The summed E-state index contributed by atoms with van der Waals surface area (Å²) in [6, 6.07) is 14.9. The molecule has 0 bridgehead atoms. The van der Waals surface area contributed by atoms with Gasteiger partial charge in [-0.05, 0) is 30.3 Å². The van der Waals surface area contributed by atoms with Crippen molar-refractivity contribution in [2.24, 2.45) is 0 Å². The molecule has 234 valence electrons. The summed E-state index contributed by atoms with van der Waals surface area (Å²) in [5, 5.41) is 58.4. The number of hydrogen-bond acceptors (Lipinski definition) is 10. The zero-order valence-electron chi connectivity index (χ0n) is 27.0. The van der Waals surface area contributed by atoms with Crippen molar-refractivity contribution in [2.75, 3.05) is 26.2 Å². The molecule has 4 rings (SSSR count). The topological polar surface area (TPSA) is 222 Å². The average Bonchev–Trinajstić information content (AvgIpc) is 3.23. The van der Waals surface area contributed by atoms with Gasteiger partial charge in [0, 0.05) is 159 Å². The van der Waals surface area contributed by atoms with Gasteiger partial charge in [-0.1, -0.05) is 30.3 Å². The molecule has 0 aliphatic carbocycles. The summed E-state index contributed by atoms with van der Waals surface area (Å²) in [7, 11) is 0. The first kappa shape index (κ1) is 46.5. The van der Waals surface area contributed by atoms with Crippen LogP contribution in [-0.4, -0.2) is 215 Å². The van der Waals surface area contributed by atoms with Gasteiger partial charge in [0.1, 0.15) is 11.5 Å². The van der Waals surface area contributed by atoms with Crippen molar-refractivity contribution in [3.05, 3.63) is 94.0 Å². The van der Waals surface area contributed by atoms with Crippen molar-refractivity contribution in [1.29, 1.82) is 0 Å². The van der Waals surface area contributed by atoms with Gasteiger partial charge >= 0.3 is 29.8 Å². The fourth-order valence-corrected chi connectivity index (χ4v) is 5.26. The van der Waals surface area contributed by atoms with Crippen LogP contribution >= 0.6 is 0 Å². The summed E-state index contributed by atoms with van der Waals surface area (Å²) < 4.78 is 6.04. The van der Waals surface area contributed by atoms with E-state index in [4.69, 9.17) is 4.74 Å². The fraction of sp³-hybridized carbons (Fsp3) is 0.233. The number of aromatic hydroxyl groups is 2. The minimum Gasteiger partial charge on any atom is -0.508 e. The molecule has 4 radical (unpaired) electrons. The maximum atomic E-state index is 13.2. The second-order valence-corrected chi connectivity index (χ2v) is 10.2. The van der Waals surface area contributed by atoms with E-state index in [2.05, 4.69) is 0 Å². The van der Waals surface area contributed by atoms with E-state index in [0.29, 0.717) is 16.7 Å². The molecule has 0 fully saturated rings. The number of cyclic esters (lactones) is 1. The quantitative estimate of drug-likeness (QED) is 0.0962. The van der Waals surface area contributed by atoms with Crippen LogP contribution in [0, 0.1) is 0 Å². The number of phenolic OH excluding ortho intramolecular Hbond substituents is 2. The van der Waals surface area contributed by atoms with E-state index in [-0.39, 0.29) is 160 Å². The van der Waals surface area contributed by atoms with Crippen molar-refractivity contribution in [3.63, 3.8) is 0 Å². The Kier molecular flexibility index (Phi) is 19.8. The molecule has 0 spiro atoms. The van der Waals surface area contributed by atoms with E-state index in [0.717, 1.165) is 9.80 Å². The summed E-state index contributed by atoms with van der Waals surface area (Å²) in [6.45, 7) is -3.12. The number of carbonyl (C=O) groups excluding carboxylic acids is 1. The van der Waals surface area contributed by atoms with Gasteiger partial charge in [0.15, 0.2) is 5.60 Å². The number of ether oxygens (including phenoxy) is 1. The van der Waals surface area contributed by atoms with Crippen LogP contribution in [0.2, 0.25) is 0 Å². The van der Waals surface area contributed by atoms with Crippen LogP contribution in [0.1, 0.15) is 38.2 Å². The minimum absolute atomic E-state index is 0. The molecule has 0 saturated carbocycles. The summed E-state index contributed by atoms with van der Waals surface area (Å²) in [5.74, 6) is -6.37. The van der Waals surface area contributed by atoms with E-state index in [1.54, 1.807) is 24.3 Å². The SMILES string of the molecule is O=C(O)CN(CC(=O)O)Cc1cc(C2(c3ccc(O)c(CN(CC(=O)O)CC(=O)O)c3)OC(=O)c3ccccc32)ccc1O.[Na].[Na].[Na].[Na]. The standard InChI is InChI=1S/C30H28N2O12.4Na/c33-23-7-5-19(9-17(23)11-31(13-25(35)36)14-26(37)38)30(22-4-2-1-3-21(22)29(43)44-30)20-6-8-24(34)18(10-20)12-32(15-27(39)40)16-28(41)42;;;;/h1-10,33-34H,11-16H2,(H,35,36)(H,37,38)(H,39,40)(H,41,42);;;;. The number of carboxylic acids is 4. The molecule has 0 saturated heterocycles. The first-order chi connectivity index (χ1) is 20.8. The molecule has 14 nitrogen and oxygen atoms in total. The van der Waals surface area contributed by atoms with Crippen LogP contribution in [0.15, 0.2) is 60.7 Å². The van der Waals surface area contributed by atoms with Crippen molar-refractivity contribution >= 4 is 148 Å². The Morgan fingerprint density at radius 1 is 0.604 bits per heavy atom. The number of esters is 1. The van der Waals surface area contributed by atoms with Gasteiger partial charge in [0.25, 0.3) is 0 Å². The predicted molar refractivity (Wildman–Crippen MR) is 172 cm³/mol. The van der Waals surface area contributed by atoms with Gasteiger partial charge in [-0.3, -0.25) is 29.0 Å². The van der Waals surface area contributed by atoms with E-state index < -0.39 is 61.6 Å². The number of phenols is 2. The van der Waals surface area contributed by atoms with Crippen molar-refractivity contribution in [3.8, 4) is 11.5 Å². The fourth-order valence-electron chi connectivity index (χ4n) is 5.26. The number of nitrogens with zero attached hydrogens (tertiary/aromatic N) is 2. The maximum Gasteiger partial charge on any atom is 0.340 e. The number of hydrogen-bond donors (Lipinski definition) is 6. The normalized spacial score (nSPS) is 12.3. The molecule has 3 aromatic rings. The van der Waals surface area contributed by atoms with Crippen LogP contribution in [0.3, 0.4) is 0 Å². The first-order valence-corrected chi connectivity index (χ1v) is 13.1. The van der Waals surface area contributed by atoms with E-state index >= 15 is 0 Å². The Balaban J connectivity index is 0.00000552. The molecule has 48 heavy (non-hydrogen) atoms. The smallest absolute Gasteiger partial charge is 0.340 e. The van der Waals surface area contributed by atoms with Gasteiger partial charge in [0.2, 0.25) is 0 Å². The van der Waals surface area contributed by atoms with Gasteiger partial charge in [-0.25, -0.2) is 4.79 Å². The largest absolute Gasteiger partial charge is 0.508 e. The van der Waals surface area contributed by atoms with Crippen molar-refractivity contribution in [2.45, 2.75) is 18.7 Å². The van der Waals surface area contributed by atoms with Crippen LogP contribution in [-0.2, 0) is 42.6 Å². The zero-order chi connectivity index (χ0) is 32.2. The summed E-state index contributed by atoms with van der Waals surface area (Å²) in [4.78, 5) is 60.8. The second kappa shape index (κ2) is 20.4. The summed E-state index contributed by atoms with van der Waals surface area (Å²) >= 11 is 0. The Bertz CT molecular complexity index is 1540. The number of aliphatic carboxylic acids is 4. The molecule has 0 amide bonds. The number of carboxylic acid groups (broad SMARTS) is 4. The molecular weight excluding hydrogens is 672 g/mol. The molecule has 18 heteroatoms. The maximum absolute atomic E-state index is 13.2. The van der Waals surface area contributed by atoms with E-state index in [1.807, 2.05) is 0 Å².